The maximum absolute atomic E-state index is 12.8. The zero-order valence-electron chi connectivity index (χ0n) is 16.0. The number of nitro groups is 1. The molecule has 0 unspecified atom stereocenters. The largest absolute Gasteiger partial charge is 0.309 e. The molecule has 2 aromatic carbocycles. The van der Waals surface area contributed by atoms with Crippen molar-refractivity contribution in [3.05, 3.63) is 90.8 Å². The van der Waals surface area contributed by atoms with Crippen molar-refractivity contribution >= 4 is 38.8 Å². The average Bonchev–Trinajstić information content (AvgIpc) is 3.14. The van der Waals surface area contributed by atoms with Crippen molar-refractivity contribution in [1.29, 1.82) is 0 Å². The molecule has 0 atom stereocenters. The second kappa shape index (κ2) is 8.35. The molecule has 0 saturated carbocycles. The Morgan fingerprint density at radius 1 is 1.20 bits per heavy atom. The van der Waals surface area contributed by atoms with Crippen molar-refractivity contribution in [3.8, 4) is 11.1 Å². The summed E-state index contributed by atoms with van der Waals surface area (Å²) in [6.07, 6.45) is 0. The molecule has 0 amide bonds. The minimum absolute atomic E-state index is 0.0113. The summed E-state index contributed by atoms with van der Waals surface area (Å²) in [5.41, 5.74) is 2.29. The molecule has 152 valence electrons. The van der Waals surface area contributed by atoms with E-state index in [0.717, 1.165) is 11.1 Å². The van der Waals surface area contributed by atoms with E-state index >= 15 is 0 Å². The molecule has 4 rings (SSSR count). The van der Waals surface area contributed by atoms with Gasteiger partial charge in [-0.25, -0.2) is 4.98 Å². The van der Waals surface area contributed by atoms with Crippen molar-refractivity contribution in [1.82, 2.24) is 14.9 Å². The molecule has 0 bridgehead atoms. The van der Waals surface area contributed by atoms with Crippen LogP contribution >= 0.6 is 22.9 Å². The molecule has 0 aliphatic heterocycles. The van der Waals surface area contributed by atoms with E-state index in [4.69, 9.17) is 11.6 Å². The van der Waals surface area contributed by atoms with E-state index in [0.29, 0.717) is 39.7 Å². The van der Waals surface area contributed by atoms with E-state index in [2.05, 4.69) is 9.97 Å². The van der Waals surface area contributed by atoms with E-state index in [-0.39, 0.29) is 11.2 Å². The summed E-state index contributed by atoms with van der Waals surface area (Å²) >= 11 is 7.62. The SMILES string of the molecule is CN(Cc1nc2scc(-c3ccccc3)c2c(=O)[nH]1)Cc1cc([N+](=O)[O-])ccc1Cl. The summed E-state index contributed by atoms with van der Waals surface area (Å²) in [7, 11) is 1.84. The molecular formula is C21H17ClN4O3S. The molecule has 0 fully saturated rings. The summed E-state index contributed by atoms with van der Waals surface area (Å²) in [5.74, 6) is 0.526. The number of thiophene rings is 1. The van der Waals surface area contributed by atoms with Gasteiger partial charge in [0.25, 0.3) is 11.2 Å². The second-order valence-electron chi connectivity index (χ2n) is 6.91. The molecule has 0 spiro atoms. The highest BCUT2D eigenvalue weighted by atomic mass is 35.5. The van der Waals surface area contributed by atoms with Crippen LogP contribution in [-0.4, -0.2) is 26.8 Å². The fourth-order valence-electron chi connectivity index (χ4n) is 3.30. The highest BCUT2D eigenvalue weighted by Gasteiger charge is 2.15. The van der Waals surface area contributed by atoms with E-state index in [1.165, 1.54) is 29.5 Å². The van der Waals surface area contributed by atoms with Crippen molar-refractivity contribution in [2.45, 2.75) is 13.1 Å². The summed E-state index contributed by atoms with van der Waals surface area (Å²) in [5, 5.41) is 14.0. The molecule has 2 heterocycles. The lowest BCUT2D eigenvalue weighted by Crippen LogP contribution is -2.21. The molecule has 30 heavy (non-hydrogen) atoms. The van der Waals surface area contributed by atoms with E-state index in [1.807, 2.05) is 47.7 Å². The zero-order valence-corrected chi connectivity index (χ0v) is 17.5. The highest BCUT2D eigenvalue weighted by Crippen LogP contribution is 2.30. The summed E-state index contributed by atoms with van der Waals surface area (Å²) in [6, 6.07) is 14.1. The van der Waals surface area contributed by atoms with Crippen molar-refractivity contribution in [2.24, 2.45) is 0 Å². The van der Waals surface area contributed by atoms with Gasteiger partial charge in [0.05, 0.1) is 16.9 Å². The Morgan fingerprint density at radius 3 is 2.70 bits per heavy atom. The Balaban J connectivity index is 1.58. The van der Waals surface area contributed by atoms with Gasteiger partial charge in [0.15, 0.2) is 0 Å². The Morgan fingerprint density at radius 2 is 1.97 bits per heavy atom. The summed E-state index contributed by atoms with van der Waals surface area (Å²) in [4.78, 5) is 33.4. The van der Waals surface area contributed by atoms with Crippen LogP contribution in [0.25, 0.3) is 21.3 Å². The number of aromatic nitrogens is 2. The van der Waals surface area contributed by atoms with Crippen LogP contribution in [0.15, 0.2) is 58.7 Å². The molecule has 0 saturated heterocycles. The smallest absolute Gasteiger partial charge is 0.269 e. The number of nitrogens with one attached hydrogen (secondary N) is 1. The molecule has 9 heteroatoms. The molecular weight excluding hydrogens is 424 g/mol. The van der Waals surface area contributed by atoms with Crippen LogP contribution in [0.4, 0.5) is 5.69 Å². The lowest BCUT2D eigenvalue weighted by Gasteiger charge is -2.16. The Bertz CT molecular complexity index is 1290. The minimum atomic E-state index is -0.450. The predicted molar refractivity (Wildman–Crippen MR) is 119 cm³/mol. The van der Waals surface area contributed by atoms with Gasteiger partial charge in [0.1, 0.15) is 10.7 Å². The Hall–Kier alpha value is -3.07. The number of hydrogen-bond acceptors (Lipinski definition) is 6. The van der Waals surface area contributed by atoms with Crippen LogP contribution < -0.4 is 5.56 Å². The first kappa shape index (κ1) is 20.2. The quantitative estimate of drug-likeness (QED) is 0.342. The van der Waals surface area contributed by atoms with Crippen molar-refractivity contribution in [2.75, 3.05) is 7.05 Å². The molecule has 7 nitrogen and oxygen atoms in total. The maximum atomic E-state index is 12.8. The molecule has 0 aliphatic rings. The van der Waals surface area contributed by atoms with Gasteiger partial charge in [-0.3, -0.25) is 19.8 Å². The summed E-state index contributed by atoms with van der Waals surface area (Å²) in [6.45, 7) is 0.741. The minimum Gasteiger partial charge on any atom is -0.309 e. The number of hydrogen-bond donors (Lipinski definition) is 1. The molecule has 0 aliphatic carbocycles. The van der Waals surface area contributed by atoms with Crippen LogP contribution in [0.3, 0.4) is 0 Å². The topological polar surface area (TPSA) is 92.1 Å². The van der Waals surface area contributed by atoms with Crippen molar-refractivity contribution < 1.29 is 4.92 Å². The highest BCUT2D eigenvalue weighted by molar-refractivity contribution is 7.17. The third-order valence-electron chi connectivity index (χ3n) is 4.68. The summed E-state index contributed by atoms with van der Waals surface area (Å²) < 4.78 is 0. The second-order valence-corrected chi connectivity index (χ2v) is 8.18. The lowest BCUT2D eigenvalue weighted by molar-refractivity contribution is -0.384. The first-order valence-corrected chi connectivity index (χ1v) is 10.4. The lowest BCUT2D eigenvalue weighted by atomic mass is 10.1. The monoisotopic (exact) mass is 440 g/mol. The standard InChI is InChI=1S/C21H17ClN4O3S/c1-25(10-14-9-15(26(28)29)7-8-17(14)22)11-18-23-20(27)19-16(12-30-21(19)24-18)13-5-3-2-4-6-13/h2-9,12H,10-11H2,1H3,(H,23,24,27). The van der Waals surface area contributed by atoms with E-state index in [9.17, 15) is 14.9 Å². The average molecular weight is 441 g/mol. The van der Waals surface area contributed by atoms with Crippen LogP contribution in [0.5, 0.6) is 0 Å². The number of halogens is 1. The molecule has 4 aromatic rings. The molecule has 0 radical (unpaired) electrons. The normalized spacial score (nSPS) is 11.3. The molecule has 2 aromatic heterocycles. The van der Waals surface area contributed by atoms with Gasteiger partial charge in [-0.05, 0) is 24.2 Å². The van der Waals surface area contributed by atoms with E-state index in [1.54, 1.807) is 0 Å². The number of rotatable bonds is 6. The predicted octanol–water partition coefficient (Wildman–Crippen LogP) is 4.85. The fraction of sp³-hybridized carbons (Fsp3) is 0.143. The number of non-ortho nitro benzene ring substituents is 1. The Labute approximate surface area is 180 Å². The van der Waals surface area contributed by atoms with Crippen LogP contribution in [-0.2, 0) is 13.1 Å². The third-order valence-corrected chi connectivity index (χ3v) is 5.92. The first-order chi connectivity index (χ1) is 14.4. The fourth-order valence-corrected chi connectivity index (χ4v) is 4.44. The number of fused-ring (bicyclic) bond motifs is 1. The van der Waals surface area contributed by atoms with Crippen LogP contribution in [0.2, 0.25) is 5.02 Å². The van der Waals surface area contributed by atoms with Gasteiger partial charge < -0.3 is 4.98 Å². The van der Waals surface area contributed by atoms with Gasteiger partial charge in [-0.1, -0.05) is 41.9 Å². The van der Waals surface area contributed by atoms with Gasteiger partial charge >= 0.3 is 0 Å². The van der Waals surface area contributed by atoms with Crippen LogP contribution in [0, 0.1) is 10.1 Å². The maximum Gasteiger partial charge on any atom is 0.269 e. The molecule has 1 N–H and O–H groups in total. The number of nitro benzene ring substituents is 1. The van der Waals surface area contributed by atoms with Gasteiger partial charge in [0.2, 0.25) is 0 Å². The Kier molecular flexibility index (Phi) is 5.63. The third kappa shape index (κ3) is 4.11. The number of benzene rings is 2. The first-order valence-electron chi connectivity index (χ1n) is 9.09. The van der Waals surface area contributed by atoms with Gasteiger partial charge in [-0.2, -0.15) is 0 Å². The van der Waals surface area contributed by atoms with Gasteiger partial charge in [0, 0.05) is 34.6 Å². The van der Waals surface area contributed by atoms with E-state index < -0.39 is 4.92 Å². The van der Waals surface area contributed by atoms with Crippen molar-refractivity contribution in [3.63, 3.8) is 0 Å². The number of aromatic amines is 1. The number of H-pyrrole nitrogens is 1. The number of nitrogens with zero attached hydrogens (tertiary/aromatic N) is 3. The zero-order chi connectivity index (χ0) is 21.3. The van der Waals surface area contributed by atoms with Gasteiger partial charge in [-0.15, -0.1) is 11.3 Å². The van der Waals surface area contributed by atoms with Crippen LogP contribution in [0.1, 0.15) is 11.4 Å².